The molecule has 1 aromatic carbocycles. The van der Waals surface area contributed by atoms with Crippen LogP contribution < -0.4 is 4.74 Å². The topological polar surface area (TPSA) is 35.5 Å². The molecule has 0 aliphatic carbocycles. The van der Waals surface area contributed by atoms with Crippen molar-refractivity contribution in [3.05, 3.63) is 29.8 Å². The van der Waals surface area contributed by atoms with Crippen LogP contribution in [0.1, 0.15) is 24.3 Å². The van der Waals surface area contributed by atoms with Gasteiger partial charge in [-0.25, -0.2) is 0 Å². The number of fused-ring (bicyclic) bond motifs is 1. The van der Waals surface area contributed by atoms with Crippen molar-refractivity contribution in [3.8, 4) is 5.75 Å². The molecule has 1 fully saturated rings. The Kier molecular flexibility index (Phi) is 2.85. The van der Waals surface area contributed by atoms with Gasteiger partial charge in [0, 0.05) is 23.8 Å². The smallest absolute Gasteiger partial charge is 0.140 e. The number of ketones is 1. The third kappa shape index (κ3) is 2.07. The van der Waals surface area contributed by atoms with Crippen LogP contribution >= 0.6 is 0 Å². The van der Waals surface area contributed by atoms with E-state index in [4.69, 9.17) is 9.47 Å². The zero-order chi connectivity index (χ0) is 11.7. The maximum absolute atomic E-state index is 11.8. The average molecular weight is 232 g/mol. The van der Waals surface area contributed by atoms with Gasteiger partial charge in [0.1, 0.15) is 11.5 Å². The summed E-state index contributed by atoms with van der Waals surface area (Å²) in [5, 5.41) is 0. The lowest BCUT2D eigenvalue weighted by Gasteiger charge is -2.23. The third-order valence-electron chi connectivity index (χ3n) is 3.64. The second kappa shape index (κ2) is 4.49. The summed E-state index contributed by atoms with van der Waals surface area (Å²) >= 11 is 0. The maximum Gasteiger partial charge on any atom is 0.140 e. The molecule has 3 rings (SSSR count). The molecule has 2 heterocycles. The molecule has 2 unspecified atom stereocenters. The van der Waals surface area contributed by atoms with Crippen molar-refractivity contribution in [1.82, 2.24) is 0 Å². The van der Waals surface area contributed by atoms with E-state index in [1.807, 2.05) is 18.2 Å². The van der Waals surface area contributed by atoms with E-state index >= 15 is 0 Å². The number of Topliss-reactive ketones (excluding diaryl/α,β-unsaturated/α-hetero) is 1. The van der Waals surface area contributed by atoms with Crippen LogP contribution in [0, 0.1) is 5.92 Å². The van der Waals surface area contributed by atoms with E-state index in [-0.39, 0.29) is 5.92 Å². The van der Waals surface area contributed by atoms with Crippen molar-refractivity contribution in [3.63, 3.8) is 0 Å². The summed E-state index contributed by atoms with van der Waals surface area (Å²) < 4.78 is 11.0. The molecule has 1 aromatic rings. The largest absolute Gasteiger partial charge is 0.493 e. The van der Waals surface area contributed by atoms with Crippen molar-refractivity contribution >= 4 is 5.78 Å². The Bertz CT molecular complexity index is 427. The highest BCUT2D eigenvalue weighted by Crippen LogP contribution is 2.37. The zero-order valence-corrected chi connectivity index (χ0v) is 9.72. The van der Waals surface area contributed by atoms with E-state index in [0.717, 1.165) is 12.2 Å². The molecule has 0 saturated carbocycles. The molecule has 2 aliphatic heterocycles. The Hall–Kier alpha value is -1.35. The molecule has 0 spiro atoms. The van der Waals surface area contributed by atoms with Gasteiger partial charge < -0.3 is 9.47 Å². The molecule has 0 bridgehead atoms. The number of hydrogen-bond acceptors (Lipinski definition) is 3. The number of para-hydroxylation sites is 1. The van der Waals surface area contributed by atoms with Crippen LogP contribution in [0.4, 0.5) is 0 Å². The highest BCUT2D eigenvalue weighted by Gasteiger charge is 2.31. The van der Waals surface area contributed by atoms with E-state index in [9.17, 15) is 4.79 Å². The lowest BCUT2D eigenvalue weighted by atomic mass is 9.87. The normalized spacial score (nSPS) is 27.6. The van der Waals surface area contributed by atoms with Gasteiger partial charge in [-0.15, -0.1) is 0 Å². The summed E-state index contributed by atoms with van der Waals surface area (Å²) in [6.07, 6.45) is 1.43. The predicted molar refractivity (Wildman–Crippen MR) is 63.2 cm³/mol. The highest BCUT2D eigenvalue weighted by molar-refractivity contribution is 5.81. The van der Waals surface area contributed by atoms with Crippen LogP contribution in [-0.4, -0.2) is 25.6 Å². The van der Waals surface area contributed by atoms with Crippen LogP contribution in [-0.2, 0) is 9.53 Å². The van der Waals surface area contributed by atoms with Crippen LogP contribution in [0.3, 0.4) is 0 Å². The van der Waals surface area contributed by atoms with Crippen molar-refractivity contribution < 1.29 is 14.3 Å². The van der Waals surface area contributed by atoms with Gasteiger partial charge in [0.25, 0.3) is 0 Å². The van der Waals surface area contributed by atoms with Crippen LogP contribution in [0.15, 0.2) is 24.3 Å². The van der Waals surface area contributed by atoms with Gasteiger partial charge in [-0.05, 0) is 12.5 Å². The van der Waals surface area contributed by atoms with E-state index in [0.29, 0.717) is 37.9 Å². The van der Waals surface area contributed by atoms with Gasteiger partial charge in [0.15, 0.2) is 0 Å². The molecule has 90 valence electrons. The molecule has 3 heteroatoms. The number of carbonyl (C=O) groups excluding carboxylic acids is 1. The summed E-state index contributed by atoms with van der Waals surface area (Å²) in [5.74, 6) is 1.73. The first-order valence-electron chi connectivity index (χ1n) is 6.17. The minimum absolute atomic E-state index is 0.0588. The Morgan fingerprint density at radius 3 is 2.94 bits per heavy atom. The average Bonchev–Trinajstić information content (AvgIpc) is 2.76. The summed E-state index contributed by atoms with van der Waals surface area (Å²) in [6.45, 7) is 1.87. The minimum atomic E-state index is 0.0588. The van der Waals surface area contributed by atoms with Crippen molar-refractivity contribution in [1.29, 1.82) is 0 Å². The van der Waals surface area contributed by atoms with E-state index in [1.165, 1.54) is 5.56 Å². The summed E-state index contributed by atoms with van der Waals surface area (Å²) in [5.41, 5.74) is 1.24. The maximum atomic E-state index is 11.8. The SMILES string of the molecule is O=C1CCOCC1CC1COc2ccccc21. The van der Waals surface area contributed by atoms with Crippen molar-refractivity contribution in [2.45, 2.75) is 18.8 Å². The standard InChI is InChI=1S/C14H16O3/c15-13-5-6-16-8-11(13)7-10-9-17-14-4-2-1-3-12(10)14/h1-4,10-11H,5-9H2. The van der Waals surface area contributed by atoms with Gasteiger partial charge >= 0.3 is 0 Å². The zero-order valence-electron chi connectivity index (χ0n) is 9.72. The predicted octanol–water partition coefficient (Wildman–Crippen LogP) is 2.16. The fourth-order valence-electron chi connectivity index (χ4n) is 2.66. The molecule has 2 aliphatic rings. The summed E-state index contributed by atoms with van der Waals surface area (Å²) in [4.78, 5) is 11.8. The molecule has 1 saturated heterocycles. The molecular formula is C14H16O3. The number of ether oxygens (including phenoxy) is 2. The molecule has 0 amide bonds. The Balaban J connectivity index is 1.72. The fraction of sp³-hybridized carbons (Fsp3) is 0.500. The van der Waals surface area contributed by atoms with E-state index in [1.54, 1.807) is 0 Å². The number of carbonyl (C=O) groups is 1. The minimum Gasteiger partial charge on any atom is -0.493 e. The third-order valence-corrected chi connectivity index (χ3v) is 3.64. The molecule has 0 radical (unpaired) electrons. The van der Waals surface area contributed by atoms with E-state index in [2.05, 4.69) is 6.07 Å². The highest BCUT2D eigenvalue weighted by atomic mass is 16.5. The quantitative estimate of drug-likeness (QED) is 0.783. The molecule has 3 nitrogen and oxygen atoms in total. The second-order valence-corrected chi connectivity index (χ2v) is 4.77. The summed E-state index contributed by atoms with van der Waals surface area (Å²) in [7, 11) is 0. The molecule has 17 heavy (non-hydrogen) atoms. The van der Waals surface area contributed by atoms with Gasteiger partial charge in [-0.2, -0.15) is 0 Å². The number of benzene rings is 1. The molecule has 0 N–H and O–H groups in total. The van der Waals surface area contributed by atoms with E-state index < -0.39 is 0 Å². The molecule has 2 atom stereocenters. The van der Waals surface area contributed by atoms with Crippen molar-refractivity contribution in [2.75, 3.05) is 19.8 Å². The van der Waals surface area contributed by atoms with Crippen LogP contribution in [0.25, 0.3) is 0 Å². The first-order chi connectivity index (χ1) is 8.34. The Morgan fingerprint density at radius 2 is 2.06 bits per heavy atom. The fourth-order valence-corrected chi connectivity index (χ4v) is 2.66. The number of rotatable bonds is 2. The lowest BCUT2D eigenvalue weighted by Crippen LogP contribution is -2.29. The van der Waals surface area contributed by atoms with Gasteiger partial charge in [-0.1, -0.05) is 18.2 Å². The Morgan fingerprint density at radius 1 is 1.18 bits per heavy atom. The lowest BCUT2D eigenvalue weighted by molar-refractivity contribution is -0.130. The van der Waals surface area contributed by atoms with Gasteiger partial charge in [0.2, 0.25) is 0 Å². The first kappa shape index (κ1) is 10.8. The molecule has 0 aromatic heterocycles. The summed E-state index contributed by atoms with van der Waals surface area (Å²) in [6, 6.07) is 8.10. The van der Waals surface area contributed by atoms with Crippen molar-refractivity contribution in [2.24, 2.45) is 5.92 Å². The Labute approximate surface area is 101 Å². The monoisotopic (exact) mass is 232 g/mol. The van der Waals surface area contributed by atoms with Gasteiger partial charge in [0.05, 0.1) is 19.8 Å². The van der Waals surface area contributed by atoms with Crippen LogP contribution in [0.2, 0.25) is 0 Å². The van der Waals surface area contributed by atoms with Crippen LogP contribution in [0.5, 0.6) is 5.75 Å². The van der Waals surface area contributed by atoms with Gasteiger partial charge in [-0.3, -0.25) is 4.79 Å². The number of hydrogen-bond donors (Lipinski definition) is 0. The second-order valence-electron chi connectivity index (χ2n) is 4.77. The molecular weight excluding hydrogens is 216 g/mol. The first-order valence-corrected chi connectivity index (χ1v) is 6.17.